The van der Waals surface area contributed by atoms with Gasteiger partial charge >= 0.3 is 0 Å². The maximum atomic E-state index is 13.5. The van der Waals surface area contributed by atoms with E-state index >= 15 is 0 Å². The fraction of sp³-hybridized carbons (Fsp3) is 0.160. The van der Waals surface area contributed by atoms with Gasteiger partial charge < -0.3 is 15.3 Å². The van der Waals surface area contributed by atoms with Crippen LogP contribution in [0.2, 0.25) is 0 Å². The van der Waals surface area contributed by atoms with Gasteiger partial charge in [0.15, 0.2) is 5.65 Å². The summed E-state index contributed by atoms with van der Waals surface area (Å²) in [5.41, 5.74) is 3.80. The maximum absolute atomic E-state index is 13.5. The van der Waals surface area contributed by atoms with Crippen LogP contribution in [-0.2, 0) is 0 Å². The third-order valence-electron chi connectivity index (χ3n) is 5.66. The average molecular weight is 443 g/mol. The van der Waals surface area contributed by atoms with Crippen LogP contribution in [0.15, 0.2) is 54.6 Å². The molecule has 1 aliphatic rings. The lowest BCUT2D eigenvalue weighted by molar-refractivity contribution is 0.0737. The molecule has 0 atom stereocenters. The van der Waals surface area contributed by atoms with E-state index in [-0.39, 0.29) is 17.5 Å². The Morgan fingerprint density at radius 2 is 1.76 bits per heavy atom. The number of aromatic hydroxyl groups is 1. The van der Waals surface area contributed by atoms with E-state index in [0.717, 1.165) is 24.2 Å². The van der Waals surface area contributed by atoms with Crippen LogP contribution in [0.3, 0.4) is 0 Å². The van der Waals surface area contributed by atoms with Crippen molar-refractivity contribution in [3.05, 3.63) is 77.2 Å². The lowest BCUT2D eigenvalue weighted by Gasteiger charge is -2.27. The molecule has 1 saturated heterocycles. The number of nitrogens with zero attached hydrogens (tertiary/aromatic N) is 3. The monoisotopic (exact) mass is 443 g/mol. The Bertz CT molecular complexity index is 1320. The van der Waals surface area contributed by atoms with Crippen molar-refractivity contribution in [3.63, 3.8) is 0 Å². The Kier molecular flexibility index (Phi) is 5.58. The molecule has 0 spiro atoms. The molecule has 1 fully saturated rings. The molecule has 1 aliphatic heterocycles. The van der Waals surface area contributed by atoms with Gasteiger partial charge in [-0.15, -0.1) is 0 Å². The summed E-state index contributed by atoms with van der Waals surface area (Å²) >= 11 is 0. The fourth-order valence-electron chi connectivity index (χ4n) is 3.91. The molecule has 0 saturated carbocycles. The van der Waals surface area contributed by atoms with Crippen LogP contribution in [0, 0.1) is 5.82 Å². The van der Waals surface area contributed by atoms with Crippen LogP contribution >= 0.6 is 0 Å². The minimum Gasteiger partial charge on any atom is -0.508 e. The van der Waals surface area contributed by atoms with Crippen LogP contribution in [0.25, 0.3) is 34.4 Å². The van der Waals surface area contributed by atoms with Gasteiger partial charge in [0, 0.05) is 31.7 Å². The van der Waals surface area contributed by atoms with Crippen LogP contribution in [0.4, 0.5) is 4.39 Å². The molecule has 3 heterocycles. The van der Waals surface area contributed by atoms with Gasteiger partial charge in [-0.25, -0.2) is 9.37 Å². The Morgan fingerprint density at radius 3 is 2.48 bits per heavy atom. The highest BCUT2D eigenvalue weighted by Gasteiger charge is 2.24. The molecule has 1 amide bonds. The van der Waals surface area contributed by atoms with Crippen molar-refractivity contribution < 1.29 is 14.3 Å². The van der Waals surface area contributed by atoms with E-state index in [0.29, 0.717) is 41.1 Å². The van der Waals surface area contributed by atoms with E-state index in [2.05, 4.69) is 20.5 Å². The number of phenols is 1. The molecular weight excluding hydrogens is 421 g/mol. The van der Waals surface area contributed by atoms with Crippen molar-refractivity contribution in [1.82, 2.24) is 25.4 Å². The molecule has 33 heavy (non-hydrogen) atoms. The number of aromatic amines is 1. The Labute approximate surface area is 189 Å². The van der Waals surface area contributed by atoms with Gasteiger partial charge in [-0.2, -0.15) is 5.10 Å². The zero-order chi connectivity index (χ0) is 22.8. The largest absolute Gasteiger partial charge is 0.508 e. The Balaban J connectivity index is 1.61. The van der Waals surface area contributed by atoms with Gasteiger partial charge in [-0.1, -0.05) is 18.2 Å². The molecule has 7 nitrogen and oxygen atoms in total. The van der Waals surface area contributed by atoms with Gasteiger partial charge in [0.25, 0.3) is 5.91 Å². The summed E-state index contributed by atoms with van der Waals surface area (Å²) < 4.78 is 13.2. The number of fused-ring (bicyclic) bond motifs is 1. The first-order chi connectivity index (χ1) is 16.1. The van der Waals surface area contributed by atoms with Crippen molar-refractivity contribution in [2.24, 2.45) is 0 Å². The Morgan fingerprint density at radius 1 is 1.03 bits per heavy atom. The van der Waals surface area contributed by atoms with E-state index in [4.69, 9.17) is 0 Å². The number of nitrogens with one attached hydrogen (secondary N) is 2. The smallest absolute Gasteiger partial charge is 0.254 e. The summed E-state index contributed by atoms with van der Waals surface area (Å²) in [7, 11) is 0. The highest BCUT2D eigenvalue weighted by atomic mass is 19.1. The minimum atomic E-state index is -0.299. The van der Waals surface area contributed by atoms with Crippen molar-refractivity contribution in [3.8, 4) is 17.0 Å². The quantitative estimate of drug-likeness (QED) is 0.447. The number of piperazine rings is 1. The second kappa shape index (κ2) is 8.84. The molecule has 166 valence electrons. The predicted molar refractivity (Wildman–Crippen MR) is 125 cm³/mol. The summed E-state index contributed by atoms with van der Waals surface area (Å²) in [5, 5.41) is 20.9. The number of phenolic OH excluding ortho intramolecular Hbond substituents is 1. The van der Waals surface area contributed by atoms with Gasteiger partial charge in [-0.05, 0) is 54.1 Å². The zero-order valence-electron chi connectivity index (χ0n) is 17.8. The number of carbonyl (C=O) groups excluding carboxylic acids is 1. The van der Waals surface area contributed by atoms with Gasteiger partial charge in [0.05, 0.1) is 22.3 Å². The summed E-state index contributed by atoms with van der Waals surface area (Å²) in [5.74, 6) is -0.222. The molecule has 0 radical (unpaired) electrons. The number of aromatic nitrogens is 3. The molecule has 3 N–H and O–H groups in total. The number of pyridine rings is 1. The van der Waals surface area contributed by atoms with Crippen molar-refractivity contribution in [1.29, 1.82) is 0 Å². The minimum absolute atomic E-state index is 0.0817. The number of H-pyrrole nitrogens is 1. The van der Waals surface area contributed by atoms with Gasteiger partial charge in [0.1, 0.15) is 11.6 Å². The molecular formula is C25H22FN5O2. The lowest BCUT2D eigenvalue weighted by atomic mass is 10.0. The van der Waals surface area contributed by atoms with Crippen molar-refractivity contribution >= 4 is 29.1 Å². The number of benzene rings is 2. The highest BCUT2D eigenvalue weighted by molar-refractivity contribution is 6.09. The molecule has 2 aromatic heterocycles. The maximum Gasteiger partial charge on any atom is 0.254 e. The van der Waals surface area contributed by atoms with E-state index < -0.39 is 0 Å². The molecule has 5 rings (SSSR count). The molecule has 0 aliphatic carbocycles. The van der Waals surface area contributed by atoms with E-state index in [1.807, 2.05) is 11.0 Å². The zero-order valence-corrected chi connectivity index (χ0v) is 17.8. The second-order valence-corrected chi connectivity index (χ2v) is 7.86. The molecule has 0 unspecified atom stereocenters. The lowest BCUT2D eigenvalue weighted by Crippen LogP contribution is -2.46. The number of hydrogen-bond donors (Lipinski definition) is 3. The van der Waals surface area contributed by atoms with Gasteiger partial charge in [0.2, 0.25) is 0 Å². The van der Waals surface area contributed by atoms with Gasteiger partial charge in [-0.3, -0.25) is 9.89 Å². The standard InChI is InChI=1S/C25H22FN5O2/c26-18-6-1-16(2-7-18)3-10-21-23-20(25(33)31-13-11-27-12-14-31)15-22(28-24(23)30-29-21)17-4-8-19(32)9-5-17/h1-10,15,27,32H,11-14H2,(H,28,29,30). The Hall–Kier alpha value is -4.04. The number of carbonyl (C=O) groups is 1. The predicted octanol–water partition coefficient (Wildman–Crippen LogP) is 3.69. The third-order valence-corrected chi connectivity index (χ3v) is 5.66. The molecule has 2 aromatic carbocycles. The van der Waals surface area contributed by atoms with Crippen molar-refractivity contribution in [2.45, 2.75) is 0 Å². The van der Waals surface area contributed by atoms with Crippen molar-refractivity contribution in [2.75, 3.05) is 26.2 Å². The average Bonchev–Trinajstić information content (AvgIpc) is 3.27. The molecule has 8 heteroatoms. The first-order valence-corrected chi connectivity index (χ1v) is 10.7. The van der Waals surface area contributed by atoms with Crippen LogP contribution in [0.1, 0.15) is 21.6 Å². The van der Waals surface area contributed by atoms with E-state index in [9.17, 15) is 14.3 Å². The number of rotatable bonds is 4. The third kappa shape index (κ3) is 4.33. The highest BCUT2D eigenvalue weighted by Crippen LogP contribution is 2.29. The van der Waals surface area contributed by atoms with Crippen LogP contribution in [0.5, 0.6) is 5.75 Å². The summed E-state index contributed by atoms with van der Waals surface area (Å²) in [6, 6.07) is 14.6. The summed E-state index contributed by atoms with van der Waals surface area (Å²) in [6.45, 7) is 2.73. The van der Waals surface area contributed by atoms with E-state index in [1.54, 1.807) is 48.5 Å². The molecule has 0 bridgehead atoms. The number of halogens is 1. The number of hydrogen-bond acceptors (Lipinski definition) is 5. The summed E-state index contributed by atoms with van der Waals surface area (Å²) in [4.78, 5) is 20.0. The first-order valence-electron chi connectivity index (χ1n) is 10.7. The van der Waals surface area contributed by atoms with E-state index in [1.165, 1.54) is 12.1 Å². The first kappa shape index (κ1) is 20.8. The number of amides is 1. The summed E-state index contributed by atoms with van der Waals surface area (Å²) in [6.07, 6.45) is 3.62. The molecule has 4 aromatic rings. The van der Waals surface area contributed by atoms with Crippen LogP contribution in [-0.4, -0.2) is 57.3 Å². The fourth-order valence-corrected chi connectivity index (χ4v) is 3.91. The normalized spacial score (nSPS) is 14.3. The van der Waals surface area contributed by atoms with Crippen LogP contribution < -0.4 is 5.32 Å². The second-order valence-electron chi connectivity index (χ2n) is 7.86. The topological polar surface area (TPSA) is 94.1 Å². The SMILES string of the molecule is O=C(c1cc(-c2ccc(O)cc2)nc2[nH]nc(C=Cc3ccc(F)cc3)c12)N1CCNCC1.